The molecule has 0 aliphatic rings. The fraction of sp³-hybridized carbons (Fsp3) is 0.105. The van der Waals surface area contributed by atoms with Crippen LogP contribution in [0.2, 0.25) is 0 Å². The molecule has 2 heterocycles. The van der Waals surface area contributed by atoms with Crippen LogP contribution in [0.25, 0.3) is 33.9 Å². The molecule has 124 valence electrons. The summed E-state index contributed by atoms with van der Waals surface area (Å²) in [7, 11) is 0. The zero-order valence-corrected chi connectivity index (χ0v) is 13.7. The van der Waals surface area contributed by atoms with E-state index in [1.165, 1.54) is 17.7 Å². The van der Waals surface area contributed by atoms with E-state index in [2.05, 4.69) is 22.1 Å². The molecular formula is C19H15N3O3. The molecule has 6 nitrogen and oxygen atoms in total. The van der Waals surface area contributed by atoms with Gasteiger partial charge in [-0.05, 0) is 55.3 Å². The third-order valence-corrected chi connectivity index (χ3v) is 4.12. The van der Waals surface area contributed by atoms with Crippen molar-refractivity contribution in [2.24, 2.45) is 0 Å². The summed E-state index contributed by atoms with van der Waals surface area (Å²) in [6.07, 6.45) is 0. The van der Waals surface area contributed by atoms with Gasteiger partial charge in [0.25, 0.3) is 5.69 Å². The predicted octanol–water partition coefficient (Wildman–Crippen LogP) is 5.01. The number of nitrogens with zero attached hydrogens (tertiary/aromatic N) is 2. The average molecular weight is 333 g/mol. The van der Waals surface area contributed by atoms with Gasteiger partial charge < -0.3 is 9.40 Å². The maximum atomic E-state index is 10.7. The van der Waals surface area contributed by atoms with E-state index >= 15 is 0 Å². The molecule has 4 aromatic rings. The number of benzene rings is 2. The van der Waals surface area contributed by atoms with E-state index in [0.29, 0.717) is 17.3 Å². The summed E-state index contributed by atoms with van der Waals surface area (Å²) >= 11 is 0. The fourth-order valence-corrected chi connectivity index (χ4v) is 2.96. The van der Waals surface area contributed by atoms with Gasteiger partial charge in [-0.1, -0.05) is 6.07 Å². The van der Waals surface area contributed by atoms with Gasteiger partial charge in [0.05, 0.1) is 16.0 Å². The highest BCUT2D eigenvalue weighted by Gasteiger charge is 2.13. The van der Waals surface area contributed by atoms with Crippen molar-refractivity contribution in [1.29, 1.82) is 0 Å². The SMILES string of the molecule is Cc1cc(C)c2nc(-c3ccc(-c4ccc([N+](=O)[O-])cc4)o3)[nH]c2c1. The van der Waals surface area contributed by atoms with Crippen molar-refractivity contribution in [3.05, 3.63) is 69.8 Å². The number of aromatic nitrogens is 2. The molecule has 2 aromatic heterocycles. The first-order valence-corrected chi connectivity index (χ1v) is 7.83. The van der Waals surface area contributed by atoms with Crippen LogP contribution in [0.15, 0.2) is 52.9 Å². The Labute approximate surface area is 143 Å². The van der Waals surface area contributed by atoms with Crippen LogP contribution in [-0.4, -0.2) is 14.9 Å². The first-order chi connectivity index (χ1) is 12.0. The molecule has 0 spiro atoms. The van der Waals surface area contributed by atoms with Crippen LogP contribution in [0, 0.1) is 24.0 Å². The average Bonchev–Trinajstić information content (AvgIpc) is 3.21. The van der Waals surface area contributed by atoms with Gasteiger partial charge >= 0.3 is 0 Å². The van der Waals surface area contributed by atoms with E-state index in [1.807, 2.05) is 26.0 Å². The number of furan rings is 1. The van der Waals surface area contributed by atoms with Crippen molar-refractivity contribution in [3.8, 4) is 22.9 Å². The number of aromatic amines is 1. The van der Waals surface area contributed by atoms with E-state index in [-0.39, 0.29) is 5.69 Å². The van der Waals surface area contributed by atoms with Crippen molar-refractivity contribution in [2.75, 3.05) is 0 Å². The molecule has 0 bridgehead atoms. The monoisotopic (exact) mass is 333 g/mol. The molecular weight excluding hydrogens is 318 g/mol. The van der Waals surface area contributed by atoms with Crippen LogP contribution in [0.4, 0.5) is 5.69 Å². The molecule has 4 rings (SSSR count). The van der Waals surface area contributed by atoms with Crippen LogP contribution in [0.5, 0.6) is 0 Å². The number of nitro groups is 1. The number of nitrogens with one attached hydrogen (secondary N) is 1. The number of hydrogen-bond acceptors (Lipinski definition) is 4. The zero-order valence-electron chi connectivity index (χ0n) is 13.7. The Morgan fingerprint density at radius 2 is 1.76 bits per heavy atom. The fourth-order valence-electron chi connectivity index (χ4n) is 2.96. The van der Waals surface area contributed by atoms with E-state index in [9.17, 15) is 10.1 Å². The summed E-state index contributed by atoms with van der Waals surface area (Å²) in [5, 5.41) is 10.7. The van der Waals surface area contributed by atoms with E-state index in [1.54, 1.807) is 12.1 Å². The van der Waals surface area contributed by atoms with Gasteiger partial charge in [0.15, 0.2) is 11.6 Å². The van der Waals surface area contributed by atoms with Gasteiger partial charge in [-0.2, -0.15) is 0 Å². The highest BCUT2D eigenvalue weighted by atomic mass is 16.6. The lowest BCUT2D eigenvalue weighted by atomic mass is 10.1. The molecule has 0 radical (unpaired) electrons. The van der Waals surface area contributed by atoms with Crippen LogP contribution < -0.4 is 0 Å². The lowest BCUT2D eigenvalue weighted by Gasteiger charge is -1.96. The molecule has 0 unspecified atom stereocenters. The summed E-state index contributed by atoms with van der Waals surface area (Å²) < 4.78 is 5.89. The van der Waals surface area contributed by atoms with Crippen molar-refractivity contribution < 1.29 is 9.34 Å². The Morgan fingerprint density at radius 3 is 2.48 bits per heavy atom. The van der Waals surface area contributed by atoms with Gasteiger partial charge in [-0.25, -0.2) is 4.98 Å². The van der Waals surface area contributed by atoms with Crippen LogP contribution in [-0.2, 0) is 0 Å². The lowest BCUT2D eigenvalue weighted by Crippen LogP contribution is -1.86. The highest BCUT2D eigenvalue weighted by Crippen LogP contribution is 2.30. The Bertz CT molecular complexity index is 1090. The number of fused-ring (bicyclic) bond motifs is 1. The second-order valence-corrected chi connectivity index (χ2v) is 6.03. The van der Waals surface area contributed by atoms with E-state index < -0.39 is 4.92 Å². The second-order valence-electron chi connectivity index (χ2n) is 6.03. The summed E-state index contributed by atoms with van der Waals surface area (Å²) in [5.74, 6) is 1.93. The van der Waals surface area contributed by atoms with Gasteiger partial charge in [0.1, 0.15) is 5.76 Å². The van der Waals surface area contributed by atoms with Crippen molar-refractivity contribution in [3.63, 3.8) is 0 Å². The number of aryl methyl sites for hydroxylation is 2. The second kappa shape index (κ2) is 5.59. The summed E-state index contributed by atoms with van der Waals surface area (Å²) in [4.78, 5) is 18.2. The largest absolute Gasteiger partial charge is 0.453 e. The Kier molecular flexibility index (Phi) is 3.39. The molecule has 0 atom stereocenters. The van der Waals surface area contributed by atoms with Crippen molar-refractivity contribution >= 4 is 16.7 Å². The first kappa shape index (κ1) is 15.1. The molecule has 1 N–H and O–H groups in total. The number of non-ortho nitro benzene ring substituents is 1. The number of H-pyrrole nitrogens is 1. The minimum Gasteiger partial charge on any atom is -0.453 e. The molecule has 0 saturated carbocycles. The van der Waals surface area contributed by atoms with Crippen LogP contribution >= 0.6 is 0 Å². The summed E-state index contributed by atoms with van der Waals surface area (Å²) in [5.41, 5.74) is 5.01. The molecule has 0 aliphatic heterocycles. The molecule has 0 saturated heterocycles. The van der Waals surface area contributed by atoms with Crippen LogP contribution in [0.3, 0.4) is 0 Å². The van der Waals surface area contributed by atoms with Crippen molar-refractivity contribution in [2.45, 2.75) is 13.8 Å². The van der Waals surface area contributed by atoms with E-state index in [0.717, 1.165) is 22.2 Å². The third kappa shape index (κ3) is 2.67. The predicted molar refractivity (Wildman–Crippen MR) is 95.4 cm³/mol. The molecule has 0 aliphatic carbocycles. The summed E-state index contributed by atoms with van der Waals surface area (Å²) in [6.45, 7) is 4.08. The first-order valence-electron chi connectivity index (χ1n) is 7.83. The maximum Gasteiger partial charge on any atom is 0.269 e. The highest BCUT2D eigenvalue weighted by molar-refractivity contribution is 5.82. The van der Waals surface area contributed by atoms with Crippen molar-refractivity contribution in [1.82, 2.24) is 9.97 Å². The Morgan fingerprint density at radius 1 is 1.04 bits per heavy atom. The standard InChI is InChI=1S/C19H15N3O3/c1-11-9-12(2)18-15(10-11)20-19(21-18)17-8-7-16(25-17)13-3-5-14(6-4-13)22(23)24/h3-10H,1-2H3,(H,20,21). The van der Waals surface area contributed by atoms with E-state index in [4.69, 9.17) is 4.42 Å². The topological polar surface area (TPSA) is 85.0 Å². The Balaban J connectivity index is 1.71. The van der Waals surface area contributed by atoms with Gasteiger partial charge in [-0.15, -0.1) is 0 Å². The van der Waals surface area contributed by atoms with Gasteiger partial charge in [-0.3, -0.25) is 10.1 Å². The lowest BCUT2D eigenvalue weighted by molar-refractivity contribution is -0.384. The molecule has 2 aromatic carbocycles. The number of imidazole rings is 1. The third-order valence-electron chi connectivity index (χ3n) is 4.12. The van der Waals surface area contributed by atoms with Gasteiger partial charge in [0, 0.05) is 17.7 Å². The quantitative estimate of drug-likeness (QED) is 0.421. The minimum absolute atomic E-state index is 0.0543. The number of hydrogen-bond donors (Lipinski definition) is 1. The molecule has 6 heteroatoms. The molecule has 0 amide bonds. The summed E-state index contributed by atoms with van der Waals surface area (Å²) in [6, 6.07) is 14.1. The zero-order chi connectivity index (χ0) is 17.6. The minimum atomic E-state index is -0.421. The molecule has 25 heavy (non-hydrogen) atoms. The van der Waals surface area contributed by atoms with Crippen LogP contribution in [0.1, 0.15) is 11.1 Å². The normalized spacial score (nSPS) is 11.1. The smallest absolute Gasteiger partial charge is 0.269 e. The maximum absolute atomic E-state index is 10.7. The Hall–Kier alpha value is -3.41. The molecule has 0 fully saturated rings. The number of rotatable bonds is 3. The number of nitro benzene ring substituents is 1. The van der Waals surface area contributed by atoms with Gasteiger partial charge in [0.2, 0.25) is 0 Å².